The van der Waals surface area contributed by atoms with E-state index < -0.39 is 0 Å². The summed E-state index contributed by atoms with van der Waals surface area (Å²) in [6.07, 6.45) is 8.30. The van der Waals surface area contributed by atoms with E-state index in [1.54, 1.807) is 13.3 Å². The monoisotopic (exact) mass is 386 g/mol. The minimum atomic E-state index is -0.332. The minimum absolute atomic E-state index is 0.00425. The number of piperidine rings is 1. The highest BCUT2D eigenvalue weighted by Crippen LogP contribution is 2.38. The Balaban J connectivity index is 1.49. The fraction of sp³-hybridized carbons (Fsp3) is 0.571. The summed E-state index contributed by atoms with van der Waals surface area (Å²) in [5.41, 5.74) is 0.516. The van der Waals surface area contributed by atoms with Gasteiger partial charge in [0.05, 0.1) is 30.8 Å². The third-order valence-electron chi connectivity index (χ3n) is 5.68. The van der Waals surface area contributed by atoms with Gasteiger partial charge >= 0.3 is 0 Å². The molecule has 1 aromatic heterocycles. The van der Waals surface area contributed by atoms with Crippen molar-refractivity contribution in [3.8, 4) is 0 Å². The number of hydrogen-bond donors (Lipinski definition) is 1. The van der Waals surface area contributed by atoms with Crippen LogP contribution in [0.2, 0.25) is 0 Å². The molecule has 2 amide bonds. The van der Waals surface area contributed by atoms with Gasteiger partial charge in [-0.2, -0.15) is 0 Å². The lowest BCUT2D eigenvalue weighted by Gasteiger charge is -2.41. The number of hydrogen-bond acceptors (Lipinski definition) is 5. The minimum Gasteiger partial charge on any atom is -0.383 e. The van der Waals surface area contributed by atoms with Crippen molar-refractivity contribution in [1.82, 2.24) is 20.1 Å². The maximum Gasteiger partial charge on any atom is 0.234 e. The zero-order chi connectivity index (χ0) is 19.8. The summed E-state index contributed by atoms with van der Waals surface area (Å²) >= 11 is 0. The number of nitrogens with one attached hydrogen (secondary N) is 1. The van der Waals surface area contributed by atoms with Crippen LogP contribution >= 0.6 is 0 Å². The largest absolute Gasteiger partial charge is 0.383 e. The van der Waals surface area contributed by atoms with Gasteiger partial charge in [-0.1, -0.05) is 18.2 Å². The molecule has 3 heterocycles. The van der Waals surface area contributed by atoms with Crippen LogP contribution in [0, 0.1) is 5.41 Å². The first-order valence-corrected chi connectivity index (χ1v) is 9.95. The third-order valence-corrected chi connectivity index (χ3v) is 5.68. The van der Waals surface area contributed by atoms with Gasteiger partial charge < -0.3 is 15.0 Å². The highest BCUT2D eigenvalue weighted by molar-refractivity contribution is 5.84. The number of methoxy groups -OCH3 is 1. The van der Waals surface area contributed by atoms with Crippen molar-refractivity contribution in [3.05, 3.63) is 42.2 Å². The molecule has 28 heavy (non-hydrogen) atoms. The van der Waals surface area contributed by atoms with Crippen molar-refractivity contribution >= 4 is 11.8 Å². The molecule has 0 unspecified atom stereocenters. The second kappa shape index (κ2) is 9.80. The number of rotatable bonds is 7. The van der Waals surface area contributed by atoms with E-state index in [4.69, 9.17) is 4.74 Å². The number of likely N-dealkylation sites (tertiary alicyclic amines) is 1. The number of pyridine rings is 1. The standard InChI is InChI=1S/C21H30N4O3/c1-28-15-14-25-11-5-3-7-21(20(25)27)8-12-24(13-9-21)17-19(26)23-16-18-6-2-4-10-22-18/h2-6,10H,7-9,11-17H2,1H3,(H,23,26). The Labute approximate surface area is 166 Å². The van der Waals surface area contributed by atoms with Gasteiger partial charge in [0, 0.05) is 26.4 Å². The van der Waals surface area contributed by atoms with Crippen LogP contribution in [-0.4, -0.2) is 73.0 Å². The molecule has 0 radical (unpaired) electrons. The molecule has 1 N–H and O–H groups in total. The molecule has 7 nitrogen and oxygen atoms in total. The molecule has 1 fully saturated rings. The molecule has 2 aliphatic rings. The summed E-state index contributed by atoms with van der Waals surface area (Å²) in [6.45, 7) is 4.15. The quantitative estimate of drug-likeness (QED) is 0.713. The van der Waals surface area contributed by atoms with Crippen molar-refractivity contribution < 1.29 is 14.3 Å². The Hall–Kier alpha value is -2.25. The van der Waals surface area contributed by atoms with Crippen molar-refractivity contribution in [1.29, 1.82) is 0 Å². The fourth-order valence-corrected chi connectivity index (χ4v) is 3.92. The van der Waals surface area contributed by atoms with Gasteiger partial charge in [0.2, 0.25) is 11.8 Å². The summed E-state index contributed by atoms with van der Waals surface area (Å²) in [4.78, 5) is 33.7. The Morgan fingerprint density at radius 1 is 1.29 bits per heavy atom. The first-order valence-electron chi connectivity index (χ1n) is 9.95. The average molecular weight is 386 g/mol. The Morgan fingerprint density at radius 3 is 2.82 bits per heavy atom. The molecule has 1 spiro atoms. The summed E-state index contributed by atoms with van der Waals surface area (Å²) in [5, 5.41) is 2.92. The first kappa shape index (κ1) is 20.5. The second-order valence-electron chi connectivity index (χ2n) is 7.57. The Bertz CT molecular complexity index is 684. The van der Waals surface area contributed by atoms with Gasteiger partial charge in [-0.3, -0.25) is 19.5 Å². The van der Waals surface area contributed by atoms with Gasteiger partial charge in [0.15, 0.2) is 0 Å². The summed E-state index contributed by atoms with van der Waals surface area (Å²) < 4.78 is 5.15. The topological polar surface area (TPSA) is 74.8 Å². The van der Waals surface area contributed by atoms with Crippen LogP contribution in [0.25, 0.3) is 0 Å². The van der Waals surface area contributed by atoms with Crippen molar-refractivity contribution in [2.24, 2.45) is 5.41 Å². The van der Waals surface area contributed by atoms with Crippen LogP contribution in [0.1, 0.15) is 25.0 Å². The number of allylic oxidation sites excluding steroid dienone is 1. The summed E-state index contributed by atoms with van der Waals surface area (Å²) in [7, 11) is 1.66. The van der Waals surface area contributed by atoms with Crippen molar-refractivity contribution in [2.75, 3.05) is 46.4 Å². The normalized spacial score (nSPS) is 19.6. The molecule has 1 saturated heterocycles. The maximum absolute atomic E-state index is 13.1. The average Bonchev–Trinajstić information content (AvgIpc) is 2.87. The Kier molecular flexibility index (Phi) is 7.17. The molecule has 1 aromatic rings. The molecular formula is C21H30N4O3. The molecule has 3 rings (SSSR count). The van der Waals surface area contributed by atoms with E-state index in [-0.39, 0.29) is 17.2 Å². The molecule has 152 valence electrons. The molecule has 0 bridgehead atoms. The number of carbonyl (C=O) groups excluding carboxylic acids is 2. The van der Waals surface area contributed by atoms with Gasteiger partial charge in [0.25, 0.3) is 0 Å². The number of carbonyl (C=O) groups is 2. The van der Waals surface area contributed by atoms with E-state index in [1.807, 2.05) is 23.1 Å². The van der Waals surface area contributed by atoms with E-state index in [9.17, 15) is 9.59 Å². The number of aromatic nitrogens is 1. The van der Waals surface area contributed by atoms with Crippen LogP contribution in [0.3, 0.4) is 0 Å². The van der Waals surface area contributed by atoms with Crippen LogP contribution in [-0.2, 0) is 20.9 Å². The summed E-state index contributed by atoms with van der Waals surface area (Å²) in [5.74, 6) is 0.226. The van der Waals surface area contributed by atoms with E-state index in [1.165, 1.54) is 0 Å². The van der Waals surface area contributed by atoms with E-state index in [0.29, 0.717) is 32.8 Å². The highest BCUT2D eigenvalue weighted by Gasteiger charge is 2.43. The lowest BCUT2D eigenvalue weighted by Crippen LogP contribution is -2.51. The molecule has 0 atom stereocenters. The maximum atomic E-state index is 13.1. The number of nitrogens with zero attached hydrogens (tertiary/aromatic N) is 3. The molecule has 7 heteroatoms. The van der Waals surface area contributed by atoms with E-state index in [2.05, 4.69) is 27.4 Å². The highest BCUT2D eigenvalue weighted by atomic mass is 16.5. The van der Waals surface area contributed by atoms with E-state index >= 15 is 0 Å². The number of amides is 2. The fourth-order valence-electron chi connectivity index (χ4n) is 3.92. The summed E-state index contributed by atoms with van der Waals surface area (Å²) in [6, 6.07) is 5.66. The first-order chi connectivity index (χ1) is 13.6. The van der Waals surface area contributed by atoms with E-state index in [0.717, 1.165) is 38.0 Å². The zero-order valence-electron chi connectivity index (χ0n) is 16.6. The second-order valence-corrected chi connectivity index (χ2v) is 7.57. The SMILES string of the molecule is COCCN1CC=CCC2(CCN(CC(=O)NCc3ccccn3)CC2)C1=O. The number of ether oxygens (including phenoxy) is 1. The predicted octanol–water partition coefficient (Wildman–Crippen LogP) is 1.21. The molecule has 0 saturated carbocycles. The van der Waals surface area contributed by atoms with Crippen LogP contribution < -0.4 is 5.32 Å². The van der Waals surface area contributed by atoms with Crippen LogP contribution in [0.5, 0.6) is 0 Å². The third kappa shape index (κ3) is 5.17. The van der Waals surface area contributed by atoms with Crippen LogP contribution in [0.4, 0.5) is 0 Å². The van der Waals surface area contributed by atoms with Crippen molar-refractivity contribution in [2.45, 2.75) is 25.8 Å². The van der Waals surface area contributed by atoms with Gasteiger partial charge in [-0.25, -0.2) is 0 Å². The smallest absolute Gasteiger partial charge is 0.234 e. The Morgan fingerprint density at radius 2 is 2.11 bits per heavy atom. The van der Waals surface area contributed by atoms with Gasteiger partial charge in [-0.15, -0.1) is 0 Å². The van der Waals surface area contributed by atoms with Gasteiger partial charge in [-0.05, 0) is 44.5 Å². The molecule has 0 aliphatic carbocycles. The van der Waals surface area contributed by atoms with Crippen molar-refractivity contribution in [3.63, 3.8) is 0 Å². The lowest BCUT2D eigenvalue weighted by atomic mass is 9.74. The van der Waals surface area contributed by atoms with Gasteiger partial charge in [0.1, 0.15) is 0 Å². The lowest BCUT2D eigenvalue weighted by molar-refractivity contribution is -0.145. The molecule has 0 aromatic carbocycles. The molecular weight excluding hydrogens is 356 g/mol. The predicted molar refractivity (Wildman–Crippen MR) is 106 cm³/mol. The molecule has 2 aliphatic heterocycles. The van der Waals surface area contributed by atoms with Crippen LogP contribution in [0.15, 0.2) is 36.5 Å². The zero-order valence-corrected chi connectivity index (χ0v) is 16.6.